The maximum absolute atomic E-state index is 13.6. The number of carbonyl (C=O) groups is 2. The van der Waals surface area contributed by atoms with Gasteiger partial charge in [0.2, 0.25) is 0 Å². The van der Waals surface area contributed by atoms with Crippen molar-refractivity contribution in [1.29, 1.82) is 0 Å². The van der Waals surface area contributed by atoms with Crippen LogP contribution in [-0.4, -0.2) is 40.5 Å². The summed E-state index contributed by atoms with van der Waals surface area (Å²) in [5, 5.41) is 1.93. The molecule has 184 valence electrons. The van der Waals surface area contributed by atoms with Gasteiger partial charge in [-0.1, -0.05) is 72.8 Å². The second kappa shape index (κ2) is 8.84. The zero-order valence-corrected chi connectivity index (χ0v) is 20.5. The number of hydrogen-bond acceptors (Lipinski definition) is 4. The van der Waals surface area contributed by atoms with Crippen LogP contribution in [0.3, 0.4) is 0 Å². The first-order chi connectivity index (χ1) is 18.2. The largest absolute Gasteiger partial charge is 0.448 e. The van der Waals surface area contributed by atoms with Crippen molar-refractivity contribution < 1.29 is 14.3 Å². The Kier molecular flexibility index (Phi) is 5.31. The van der Waals surface area contributed by atoms with Gasteiger partial charge in [0.15, 0.2) is 5.78 Å². The maximum Gasteiger partial charge on any atom is 0.410 e. The third kappa shape index (κ3) is 3.64. The van der Waals surface area contributed by atoms with Gasteiger partial charge in [-0.25, -0.2) is 4.79 Å². The van der Waals surface area contributed by atoms with Crippen molar-refractivity contribution in [2.45, 2.75) is 43.7 Å². The average molecular weight is 489 g/mol. The van der Waals surface area contributed by atoms with E-state index in [9.17, 15) is 9.59 Å². The Hall–Kier alpha value is -3.99. The maximum atomic E-state index is 13.6. The monoisotopic (exact) mass is 488 g/mol. The molecule has 7 rings (SSSR count). The lowest BCUT2D eigenvalue weighted by Gasteiger charge is -2.37. The molecule has 0 N–H and O–H groups in total. The van der Waals surface area contributed by atoms with Crippen LogP contribution >= 0.6 is 0 Å². The summed E-state index contributed by atoms with van der Waals surface area (Å²) in [6.07, 6.45) is 6.47. The fraction of sp³-hybridized carbons (Fsp3) is 0.281. The molecule has 2 unspecified atom stereocenters. The highest BCUT2D eigenvalue weighted by Gasteiger charge is 2.46. The number of carbonyl (C=O) groups excluding carboxylic acids is 2. The number of rotatable bonds is 4. The summed E-state index contributed by atoms with van der Waals surface area (Å²) < 4.78 is 5.99. The summed E-state index contributed by atoms with van der Waals surface area (Å²) >= 11 is 0. The van der Waals surface area contributed by atoms with Crippen LogP contribution in [-0.2, 0) is 4.74 Å². The Morgan fingerprint density at radius 2 is 1.43 bits per heavy atom. The molecule has 3 aromatic carbocycles. The van der Waals surface area contributed by atoms with Gasteiger partial charge in [-0.15, -0.1) is 0 Å². The van der Waals surface area contributed by atoms with Crippen LogP contribution in [0.25, 0.3) is 21.9 Å². The van der Waals surface area contributed by atoms with Gasteiger partial charge in [-0.05, 0) is 53.3 Å². The van der Waals surface area contributed by atoms with E-state index in [1.54, 1.807) is 12.4 Å². The molecule has 2 fully saturated rings. The number of nitrogens with zero attached hydrogens (tertiary/aromatic N) is 2. The molecule has 2 aliphatic heterocycles. The summed E-state index contributed by atoms with van der Waals surface area (Å²) in [6, 6.07) is 24.8. The number of ether oxygens (including phenoxy) is 1. The molecular formula is C32H28N2O3. The fourth-order valence-corrected chi connectivity index (χ4v) is 6.89. The number of ketones is 1. The molecule has 2 bridgehead atoms. The summed E-state index contributed by atoms with van der Waals surface area (Å²) in [7, 11) is 0. The fourth-order valence-electron chi connectivity index (χ4n) is 6.89. The highest BCUT2D eigenvalue weighted by Crippen LogP contribution is 2.45. The van der Waals surface area contributed by atoms with Gasteiger partial charge in [0.25, 0.3) is 0 Å². The highest BCUT2D eigenvalue weighted by molar-refractivity contribution is 6.08. The molecule has 3 heterocycles. The van der Waals surface area contributed by atoms with Gasteiger partial charge in [-0.2, -0.15) is 0 Å². The lowest BCUT2D eigenvalue weighted by Crippen LogP contribution is -2.48. The Morgan fingerprint density at radius 3 is 2.14 bits per heavy atom. The molecular weight excluding hydrogens is 460 g/mol. The molecule has 5 heteroatoms. The number of pyridine rings is 1. The smallest absolute Gasteiger partial charge is 0.410 e. The predicted octanol–water partition coefficient (Wildman–Crippen LogP) is 6.61. The Morgan fingerprint density at radius 1 is 0.811 bits per heavy atom. The minimum Gasteiger partial charge on any atom is -0.448 e. The summed E-state index contributed by atoms with van der Waals surface area (Å²) in [5.74, 6) is 0.100. The molecule has 0 spiro atoms. The molecule has 0 radical (unpaired) electrons. The van der Waals surface area contributed by atoms with Crippen molar-refractivity contribution in [3.8, 4) is 11.1 Å². The van der Waals surface area contributed by atoms with Crippen LogP contribution in [0.2, 0.25) is 0 Å². The SMILES string of the molecule is O=C(c1cncc2ccccc12)C1CC2CCC(C1)N2C(=O)OCC1c2ccccc2-c2ccccc21. The zero-order valence-electron chi connectivity index (χ0n) is 20.5. The molecule has 1 amide bonds. The third-order valence-electron chi connectivity index (χ3n) is 8.58. The van der Waals surface area contributed by atoms with Crippen LogP contribution in [0.5, 0.6) is 0 Å². The minimum absolute atomic E-state index is 0.0475. The summed E-state index contributed by atoms with van der Waals surface area (Å²) in [5.41, 5.74) is 5.57. The zero-order chi connectivity index (χ0) is 24.9. The Labute approximate surface area is 216 Å². The Balaban J connectivity index is 1.06. The van der Waals surface area contributed by atoms with Crippen molar-refractivity contribution in [3.05, 3.63) is 102 Å². The van der Waals surface area contributed by atoms with Crippen molar-refractivity contribution in [2.75, 3.05) is 6.61 Å². The van der Waals surface area contributed by atoms with Crippen molar-refractivity contribution in [2.24, 2.45) is 5.92 Å². The summed E-state index contributed by atoms with van der Waals surface area (Å²) in [4.78, 5) is 33.2. The van der Waals surface area contributed by atoms with E-state index in [0.29, 0.717) is 25.0 Å². The number of hydrogen-bond donors (Lipinski definition) is 0. The predicted molar refractivity (Wildman–Crippen MR) is 143 cm³/mol. The second-order valence-electron chi connectivity index (χ2n) is 10.5. The number of amides is 1. The minimum atomic E-state index is -0.243. The van der Waals surface area contributed by atoms with E-state index in [2.05, 4.69) is 41.4 Å². The van der Waals surface area contributed by atoms with Crippen LogP contribution < -0.4 is 0 Å². The number of Topliss-reactive ketones (excluding diaryl/α,β-unsaturated/α-hetero) is 1. The van der Waals surface area contributed by atoms with Gasteiger partial charge in [0, 0.05) is 47.3 Å². The van der Waals surface area contributed by atoms with E-state index in [1.165, 1.54) is 22.3 Å². The van der Waals surface area contributed by atoms with Gasteiger partial charge < -0.3 is 9.64 Å². The molecule has 1 aliphatic carbocycles. The quantitative estimate of drug-likeness (QED) is 0.303. The average Bonchev–Trinajstić information content (AvgIpc) is 3.41. The second-order valence-corrected chi connectivity index (χ2v) is 10.5. The van der Waals surface area contributed by atoms with Gasteiger partial charge in [0.05, 0.1) is 0 Å². The van der Waals surface area contributed by atoms with Gasteiger partial charge >= 0.3 is 6.09 Å². The first-order valence-electron chi connectivity index (χ1n) is 13.2. The molecule has 4 aromatic rings. The van der Waals surface area contributed by atoms with Crippen molar-refractivity contribution >= 4 is 22.6 Å². The topological polar surface area (TPSA) is 59.5 Å². The van der Waals surface area contributed by atoms with Crippen molar-refractivity contribution in [3.63, 3.8) is 0 Å². The molecule has 37 heavy (non-hydrogen) atoms. The van der Waals surface area contributed by atoms with Crippen LogP contribution in [0.15, 0.2) is 85.2 Å². The van der Waals surface area contributed by atoms with E-state index in [-0.39, 0.29) is 35.8 Å². The lowest BCUT2D eigenvalue weighted by atomic mass is 9.84. The van der Waals surface area contributed by atoms with Crippen LogP contribution in [0, 0.1) is 5.92 Å². The van der Waals surface area contributed by atoms with Crippen LogP contribution in [0.4, 0.5) is 4.79 Å². The number of aromatic nitrogens is 1. The normalized spacial score (nSPS) is 22.1. The Bertz CT molecular complexity index is 1460. The number of fused-ring (bicyclic) bond motifs is 6. The first kappa shape index (κ1) is 22.2. The van der Waals surface area contributed by atoms with Gasteiger partial charge in [0.1, 0.15) is 6.61 Å². The van der Waals surface area contributed by atoms with Gasteiger partial charge in [-0.3, -0.25) is 9.78 Å². The molecule has 3 aliphatic rings. The number of benzene rings is 3. The molecule has 2 atom stereocenters. The molecule has 1 aromatic heterocycles. The van der Waals surface area contributed by atoms with Crippen LogP contribution in [0.1, 0.15) is 53.1 Å². The highest BCUT2D eigenvalue weighted by atomic mass is 16.6. The van der Waals surface area contributed by atoms with Crippen molar-refractivity contribution in [1.82, 2.24) is 9.88 Å². The summed E-state index contributed by atoms with van der Waals surface area (Å²) in [6.45, 7) is 0.326. The standard InChI is InChI=1S/C32H28N2O3/c35-31(29-18-33-17-20-7-1-2-8-24(20)29)21-15-22-13-14-23(16-21)34(22)32(36)37-19-30-27-11-5-3-9-25(27)26-10-4-6-12-28(26)30/h1-12,17-18,21-23,30H,13-16,19H2. The number of piperidine rings is 1. The third-order valence-corrected chi connectivity index (χ3v) is 8.58. The molecule has 2 saturated heterocycles. The van der Waals surface area contributed by atoms with E-state index < -0.39 is 0 Å². The van der Waals surface area contributed by atoms with E-state index >= 15 is 0 Å². The van der Waals surface area contributed by atoms with E-state index in [1.807, 2.05) is 41.3 Å². The van der Waals surface area contributed by atoms with E-state index in [0.717, 1.165) is 23.6 Å². The first-order valence-corrected chi connectivity index (χ1v) is 13.2. The lowest BCUT2D eigenvalue weighted by molar-refractivity contribution is 0.0506. The molecule has 0 saturated carbocycles. The molecule has 5 nitrogen and oxygen atoms in total. The van der Waals surface area contributed by atoms with E-state index in [4.69, 9.17) is 4.74 Å².